The Kier molecular flexibility index (Phi) is 6.38. The summed E-state index contributed by atoms with van der Waals surface area (Å²) in [4.78, 5) is 11.2. The SMILES string of the molecule is C=CC(=O)C(CCC)OS(=O)(=O)CCN. The van der Waals surface area contributed by atoms with Gasteiger partial charge in [-0.25, -0.2) is 0 Å². The maximum absolute atomic E-state index is 11.2. The van der Waals surface area contributed by atoms with Gasteiger partial charge < -0.3 is 5.73 Å². The number of nitrogens with two attached hydrogens (primary N) is 1. The minimum Gasteiger partial charge on any atom is -0.329 e. The average Bonchev–Trinajstić information content (AvgIpc) is 2.15. The molecule has 2 N–H and O–H groups in total. The van der Waals surface area contributed by atoms with E-state index < -0.39 is 22.0 Å². The molecule has 0 aromatic carbocycles. The van der Waals surface area contributed by atoms with E-state index in [0.717, 1.165) is 6.08 Å². The third kappa shape index (κ3) is 5.66. The van der Waals surface area contributed by atoms with Crippen LogP contribution in [-0.4, -0.2) is 32.6 Å². The van der Waals surface area contributed by atoms with Crippen LogP contribution in [0.3, 0.4) is 0 Å². The molecule has 5 nitrogen and oxygen atoms in total. The summed E-state index contributed by atoms with van der Waals surface area (Å²) in [6, 6.07) is 0. The molecule has 0 aliphatic carbocycles. The van der Waals surface area contributed by atoms with E-state index in [1.807, 2.05) is 6.92 Å². The molecule has 0 aromatic heterocycles. The van der Waals surface area contributed by atoms with Gasteiger partial charge in [0.2, 0.25) is 0 Å². The minimum atomic E-state index is -3.70. The molecule has 88 valence electrons. The van der Waals surface area contributed by atoms with Crippen molar-refractivity contribution >= 4 is 15.9 Å². The lowest BCUT2D eigenvalue weighted by molar-refractivity contribution is -0.121. The minimum absolute atomic E-state index is 0.0243. The molecule has 0 saturated heterocycles. The first-order valence-electron chi connectivity index (χ1n) is 4.74. The summed E-state index contributed by atoms with van der Waals surface area (Å²) >= 11 is 0. The van der Waals surface area contributed by atoms with Crippen LogP contribution in [0.4, 0.5) is 0 Å². The topological polar surface area (TPSA) is 86.5 Å². The molecule has 1 unspecified atom stereocenters. The quantitative estimate of drug-likeness (QED) is 0.480. The third-order valence-electron chi connectivity index (χ3n) is 1.70. The first-order valence-corrected chi connectivity index (χ1v) is 6.32. The summed E-state index contributed by atoms with van der Waals surface area (Å²) < 4.78 is 27.2. The van der Waals surface area contributed by atoms with E-state index in [4.69, 9.17) is 9.92 Å². The van der Waals surface area contributed by atoms with Crippen LogP contribution in [0.2, 0.25) is 0 Å². The Morgan fingerprint density at radius 2 is 2.20 bits per heavy atom. The highest BCUT2D eigenvalue weighted by atomic mass is 32.2. The van der Waals surface area contributed by atoms with Crippen LogP contribution in [-0.2, 0) is 19.1 Å². The van der Waals surface area contributed by atoms with Gasteiger partial charge in [-0.05, 0) is 12.5 Å². The molecular formula is C9H17NO4S. The molecule has 0 bridgehead atoms. The molecule has 0 aliphatic heterocycles. The molecule has 6 heteroatoms. The summed E-state index contributed by atoms with van der Waals surface area (Å²) in [6.45, 7) is 5.10. The van der Waals surface area contributed by atoms with Gasteiger partial charge >= 0.3 is 0 Å². The molecule has 0 spiro atoms. The van der Waals surface area contributed by atoms with E-state index in [1.54, 1.807) is 0 Å². The highest BCUT2D eigenvalue weighted by molar-refractivity contribution is 7.86. The van der Waals surface area contributed by atoms with Gasteiger partial charge in [-0.2, -0.15) is 8.42 Å². The van der Waals surface area contributed by atoms with E-state index in [0.29, 0.717) is 12.8 Å². The van der Waals surface area contributed by atoms with E-state index in [2.05, 4.69) is 6.58 Å². The standard InChI is InChI=1S/C9H17NO4S/c1-3-5-9(8(11)4-2)14-15(12,13)7-6-10/h4,9H,2-3,5-7,10H2,1H3. The monoisotopic (exact) mass is 235 g/mol. The smallest absolute Gasteiger partial charge is 0.269 e. The van der Waals surface area contributed by atoms with Crippen molar-refractivity contribution in [3.8, 4) is 0 Å². The molecule has 0 aromatic rings. The Morgan fingerprint density at radius 3 is 2.60 bits per heavy atom. The molecular weight excluding hydrogens is 218 g/mol. The Bertz CT molecular complexity index is 310. The van der Waals surface area contributed by atoms with Crippen molar-refractivity contribution < 1.29 is 17.4 Å². The Morgan fingerprint density at radius 1 is 1.60 bits per heavy atom. The number of hydrogen-bond acceptors (Lipinski definition) is 5. The maximum Gasteiger partial charge on any atom is 0.269 e. The van der Waals surface area contributed by atoms with E-state index in [-0.39, 0.29) is 12.3 Å². The van der Waals surface area contributed by atoms with Gasteiger partial charge in [-0.15, -0.1) is 0 Å². The van der Waals surface area contributed by atoms with Crippen LogP contribution >= 0.6 is 0 Å². The molecule has 0 amide bonds. The normalized spacial score (nSPS) is 13.5. The summed E-state index contributed by atoms with van der Waals surface area (Å²) in [5.74, 6) is -0.699. The van der Waals surface area contributed by atoms with Crippen molar-refractivity contribution in [3.05, 3.63) is 12.7 Å². The number of carbonyl (C=O) groups excluding carboxylic acids is 1. The fourth-order valence-corrected chi connectivity index (χ4v) is 1.93. The Hall–Kier alpha value is -0.720. The molecule has 0 saturated carbocycles. The van der Waals surface area contributed by atoms with Crippen molar-refractivity contribution in [2.45, 2.75) is 25.9 Å². The zero-order chi connectivity index (χ0) is 11.9. The number of hydrogen-bond donors (Lipinski definition) is 1. The van der Waals surface area contributed by atoms with Crippen molar-refractivity contribution in [1.29, 1.82) is 0 Å². The molecule has 0 rings (SSSR count). The van der Waals surface area contributed by atoms with E-state index in [9.17, 15) is 13.2 Å². The third-order valence-corrected chi connectivity index (χ3v) is 2.96. The van der Waals surface area contributed by atoms with Crippen LogP contribution in [0.1, 0.15) is 19.8 Å². The first kappa shape index (κ1) is 14.3. The second-order valence-corrected chi connectivity index (χ2v) is 4.75. The van der Waals surface area contributed by atoms with Gasteiger partial charge in [0.15, 0.2) is 5.78 Å². The zero-order valence-corrected chi connectivity index (χ0v) is 9.63. The molecule has 0 fully saturated rings. The van der Waals surface area contributed by atoms with Crippen LogP contribution in [0.25, 0.3) is 0 Å². The van der Waals surface area contributed by atoms with Crippen molar-refractivity contribution in [2.24, 2.45) is 5.73 Å². The summed E-state index contributed by atoms with van der Waals surface area (Å²) in [5.41, 5.74) is 5.11. The summed E-state index contributed by atoms with van der Waals surface area (Å²) in [7, 11) is -3.70. The predicted octanol–water partition coefficient (Wildman–Crippen LogP) is 0.215. The highest BCUT2D eigenvalue weighted by Crippen LogP contribution is 2.08. The largest absolute Gasteiger partial charge is 0.329 e. The second kappa shape index (κ2) is 6.71. The summed E-state index contributed by atoms with van der Waals surface area (Å²) in [6.07, 6.45) is 1.12. The average molecular weight is 235 g/mol. The number of carbonyl (C=O) groups is 1. The lowest BCUT2D eigenvalue weighted by atomic mass is 10.1. The van der Waals surface area contributed by atoms with Gasteiger partial charge in [-0.1, -0.05) is 19.9 Å². The van der Waals surface area contributed by atoms with Gasteiger partial charge in [0.1, 0.15) is 6.10 Å². The number of ketones is 1. The van der Waals surface area contributed by atoms with Crippen molar-refractivity contribution in [1.82, 2.24) is 0 Å². The highest BCUT2D eigenvalue weighted by Gasteiger charge is 2.22. The molecule has 0 radical (unpaired) electrons. The number of rotatable bonds is 8. The molecule has 0 heterocycles. The van der Waals surface area contributed by atoms with Gasteiger partial charge in [-0.3, -0.25) is 8.98 Å². The molecule has 1 atom stereocenters. The second-order valence-electron chi connectivity index (χ2n) is 3.03. The van der Waals surface area contributed by atoms with E-state index >= 15 is 0 Å². The Labute approximate surface area is 90.4 Å². The first-order chi connectivity index (χ1) is 6.96. The van der Waals surface area contributed by atoms with Crippen LogP contribution in [0.5, 0.6) is 0 Å². The fourth-order valence-electron chi connectivity index (χ4n) is 1.00. The molecule has 15 heavy (non-hydrogen) atoms. The van der Waals surface area contributed by atoms with Crippen molar-refractivity contribution in [3.63, 3.8) is 0 Å². The Balaban J connectivity index is 4.53. The van der Waals surface area contributed by atoms with Gasteiger partial charge in [0.25, 0.3) is 10.1 Å². The zero-order valence-electron chi connectivity index (χ0n) is 8.81. The summed E-state index contributed by atoms with van der Waals surface area (Å²) in [5, 5.41) is 0. The van der Waals surface area contributed by atoms with Crippen LogP contribution in [0, 0.1) is 0 Å². The van der Waals surface area contributed by atoms with Crippen LogP contribution < -0.4 is 5.73 Å². The van der Waals surface area contributed by atoms with Crippen LogP contribution in [0.15, 0.2) is 12.7 Å². The van der Waals surface area contributed by atoms with Gasteiger partial charge in [0, 0.05) is 6.54 Å². The predicted molar refractivity (Wildman–Crippen MR) is 57.8 cm³/mol. The van der Waals surface area contributed by atoms with E-state index in [1.165, 1.54) is 0 Å². The lowest BCUT2D eigenvalue weighted by Gasteiger charge is -2.13. The van der Waals surface area contributed by atoms with Gasteiger partial charge in [0.05, 0.1) is 5.75 Å². The lowest BCUT2D eigenvalue weighted by Crippen LogP contribution is -2.29. The molecule has 0 aliphatic rings. The maximum atomic E-state index is 11.2. The fraction of sp³-hybridized carbons (Fsp3) is 0.667. The van der Waals surface area contributed by atoms with Crippen molar-refractivity contribution in [2.75, 3.05) is 12.3 Å².